The first-order valence-corrected chi connectivity index (χ1v) is 10.5. The maximum Gasteiger partial charge on any atom is 0.116 e. The van der Waals surface area contributed by atoms with Crippen molar-refractivity contribution in [3.63, 3.8) is 0 Å². The zero-order valence-electron chi connectivity index (χ0n) is 18.4. The molecular weight excluding hydrogens is 414 g/mol. The summed E-state index contributed by atoms with van der Waals surface area (Å²) in [6.45, 7) is 1.97. The van der Waals surface area contributed by atoms with E-state index in [4.69, 9.17) is 0 Å². The Morgan fingerprint density at radius 3 is 2.58 bits per heavy atom. The molecule has 33 heavy (non-hydrogen) atoms. The molecule has 0 aliphatic heterocycles. The van der Waals surface area contributed by atoms with E-state index < -0.39 is 0 Å². The highest BCUT2D eigenvalue weighted by Gasteiger charge is 2.15. The standard InChI is InChI=1S/C24H21N9/c1-14-12-33(13-28-14)23-11-26-9-21-17(23)5-20(29-21)24-18-6-19(27-10-22(18)30-31-24)15-4-16(32(2)3)8-25-7-15/h4-13,29H,1-3H3,(H,30,31). The summed E-state index contributed by atoms with van der Waals surface area (Å²) in [6, 6.07) is 6.23. The SMILES string of the molecule is Cc1cn(-c2cncc3[nH]c(-c4n[nH]c5cnc(-c6cncc(N(C)C)c6)cc45)cc23)cn1. The summed E-state index contributed by atoms with van der Waals surface area (Å²) in [5.41, 5.74) is 8.26. The van der Waals surface area contributed by atoms with Crippen LogP contribution in [0.1, 0.15) is 5.69 Å². The molecule has 0 fully saturated rings. The van der Waals surface area contributed by atoms with Crippen molar-refractivity contribution in [2.24, 2.45) is 0 Å². The van der Waals surface area contributed by atoms with Crippen LogP contribution in [0.5, 0.6) is 0 Å². The highest BCUT2D eigenvalue weighted by molar-refractivity contribution is 5.98. The molecule has 6 rings (SSSR count). The monoisotopic (exact) mass is 435 g/mol. The van der Waals surface area contributed by atoms with Gasteiger partial charge in [-0.1, -0.05) is 0 Å². The summed E-state index contributed by atoms with van der Waals surface area (Å²) in [7, 11) is 3.99. The summed E-state index contributed by atoms with van der Waals surface area (Å²) in [5, 5.41) is 9.72. The van der Waals surface area contributed by atoms with Crippen molar-refractivity contribution < 1.29 is 0 Å². The Morgan fingerprint density at radius 2 is 1.76 bits per heavy atom. The van der Waals surface area contributed by atoms with E-state index >= 15 is 0 Å². The third-order valence-electron chi connectivity index (χ3n) is 5.75. The number of rotatable bonds is 4. The summed E-state index contributed by atoms with van der Waals surface area (Å²) in [6.07, 6.45) is 12.9. The van der Waals surface area contributed by atoms with Crippen LogP contribution in [0.25, 0.3) is 50.1 Å². The van der Waals surface area contributed by atoms with Crippen molar-refractivity contribution in [1.82, 2.24) is 39.7 Å². The number of nitrogens with zero attached hydrogens (tertiary/aromatic N) is 7. The molecule has 6 aromatic rings. The van der Waals surface area contributed by atoms with Crippen LogP contribution in [0.4, 0.5) is 5.69 Å². The Hall–Kier alpha value is -4.53. The molecule has 9 nitrogen and oxygen atoms in total. The molecule has 0 aliphatic rings. The van der Waals surface area contributed by atoms with Gasteiger partial charge in [-0.3, -0.25) is 20.1 Å². The second-order valence-corrected chi connectivity index (χ2v) is 8.24. The number of aromatic nitrogens is 8. The Morgan fingerprint density at radius 1 is 0.879 bits per heavy atom. The second kappa shape index (κ2) is 7.27. The lowest BCUT2D eigenvalue weighted by Gasteiger charge is -2.12. The molecule has 0 amide bonds. The van der Waals surface area contributed by atoms with E-state index in [1.807, 2.05) is 67.7 Å². The molecule has 9 heteroatoms. The third kappa shape index (κ3) is 3.21. The van der Waals surface area contributed by atoms with Crippen molar-refractivity contribution in [3.05, 3.63) is 67.4 Å². The minimum absolute atomic E-state index is 0.828. The van der Waals surface area contributed by atoms with Crippen LogP contribution in [0.2, 0.25) is 0 Å². The summed E-state index contributed by atoms with van der Waals surface area (Å²) in [4.78, 5) is 23.2. The van der Waals surface area contributed by atoms with Gasteiger partial charge >= 0.3 is 0 Å². The number of aryl methyl sites for hydroxylation is 1. The van der Waals surface area contributed by atoms with E-state index in [1.165, 1.54) is 0 Å². The number of hydrogen-bond donors (Lipinski definition) is 2. The number of nitrogens with one attached hydrogen (secondary N) is 2. The van der Waals surface area contributed by atoms with E-state index in [9.17, 15) is 0 Å². The fourth-order valence-electron chi connectivity index (χ4n) is 4.01. The van der Waals surface area contributed by atoms with Crippen LogP contribution in [0.3, 0.4) is 0 Å². The van der Waals surface area contributed by atoms with Crippen molar-refractivity contribution in [3.8, 4) is 28.3 Å². The summed E-state index contributed by atoms with van der Waals surface area (Å²) < 4.78 is 1.98. The Balaban J connectivity index is 1.48. The van der Waals surface area contributed by atoms with Crippen molar-refractivity contribution in [2.75, 3.05) is 19.0 Å². The Bertz CT molecular complexity index is 1620. The van der Waals surface area contributed by atoms with E-state index in [2.05, 4.69) is 53.3 Å². The molecule has 162 valence electrons. The van der Waals surface area contributed by atoms with Gasteiger partial charge in [0.05, 0.1) is 70.6 Å². The topological polar surface area (TPSA) is 104 Å². The molecule has 0 saturated heterocycles. The van der Waals surface area contributed by atoms with Gasteiger partial charge in [-0.05, 0) is 25.1 Å². The van der Waals surface area contributed by atoms with Gasteiger partial charge in [0.25, 0.3) is 0 Å². The zero-order chi connectivity index (χ0) is 22.5. The third-order valence-corrected chi connectivity index (χ3v) is 5.75. The van der Waals surface area contributed by atoms with Gasteiger partial charge in [-0.25, -0.2) is 4.98 Å². The van der Waals surface area contributed by atoms with Crippen molar-refractivity contribution in [2.45, 2.75) is 6.92 Å². The van der Waals surface area contributed by atoms with Gasteiger partial charge in [-0.15, -0.1) is 0 Å². The summed E-state index contributed by atoms with van der Waals surface area (Å²) in [5.74, 6) is 0. The molecule has 6 heterocycles. The first-order chi connectivity index (χ1) is 16.1. The van der Waals surface area contributed by atoms with Gasteiger partial charge in [0.15, 0.2) is 0 Å². The van der Waals surface area contributed by atoms with Crippen LogP contribution in [0, 0.1) is 6.92 Å². The number of H-pyrrole nitrogens is 2. The second-order valence-electron chi connectivity index (χ2n) is 8.24. The van der Waals surface area contributed by atoms with Gasteiger partial charge in [0, 0.05) is 42.8 Å². The van der Waals surface area contributed by atoms with Gasteiger partial charge in [0.1, 0.15) is 5.69 Å². The van der Waals surface area contributed by atoms with Crippen molar-refractivity contribution in [1.29, 1.82) is 0 Å². The molecule has 0 radical (unpaired) electrons. The molecule has 6 aromatic heterocycles. The highest BCUT2D eigenvalue weighted by atomic mass is 15.1. The molecule has 0 spiro atoms. The molecule has 0 bridgehead atoms. The number of aromatic amines is 2. The Kier molecular flexibility index (Phi) is 4.22. The lowest BCUT2D eigenvalue weighted by Crippen LogP contribution is -2.08. The first-order valence-electron chi connectivity index (χ1n) is 10.5. The quantitative estimate of drug-likeness (QED) is 0.432. The number of imidazole rings is 1. The molecule has 0 aliphatic carbocycles. The Labute approximate surface area is 189 Å². The van der Waals surface area contributed by atoms with Gasteiger partial charge in [-0.2, -0.15) is 5.10 Å². The van der Waals surface area contributed by atoms with E-state index in [1.54, 1.807) is 6.33 Å². The lowest BCUT2D eigenvalue weighted by molar-refractivity contribution is 1.05. The molecule has 0 atom stereocenters. The average Bonchev–Trinajstić information content (AvgIpc) is 3.55. The number of fused-ring (bicyclic) bond motifs is 2. The predicted octanol–water partition coefficient (Wildman–Crippen LogP) is 4.12. The zero-order valence-corrected chi connectivity index (χ0v) is 18.4. The van der Waals surface area contributed by atoms with E-state index in [0.717, 1.165) is 61.5 Å². The lowest BCUT2D eigenvalue weighted by atomic mass is 10.1. The maximum atomic E-state index is 4.62. The normalized spacial score (nSPS) is 11.5. The van der Waals surface area contributed by atoms with Crippen LogP contribution in [-0.4, -0.2) is 53.8 Å². The van der Waals surface area contributed by atoms with Crippen LogP contribution in [-0.2, 0) is 0 Å². The number of pyridine rings is 3. The summed E-state index contributed by atoms with van der Waals surface area (Å²) >= 11 is 0. The van der Waals surface area contributed by atoms with Gasteiger partial charge < -0.3 is 14.5 Å². The van der Waals surface area contributed by atoms with Crippen LogP contribution in [0.15, 0.2) is 61.7 Å². The fourth-order valence-corrected chi connectivity index (χ4v) is 4.01. The molecule has 2 N–H and O–H groups in total. The maximum absolute atomic E-state index is 4.62. The van der Waals surface area contributed by atoms with Gasteiger partial charge in [0.2, 0.25) is 0 Å². The highest BCUT2D eigenvalue weighted by Crippen LogP contribution is 2.32. The minimum Gasteiger partial charge on any atom is -0.376 e. The smallest absolute Gasteiger partial charge is 0.116 e. The fraction of sp³-hybridized carbons (Fsp3) is 0.125. The molecular formula is C24H21N9. The molecule has 0 aromatic carbocycles. The molecule has 0 unspecified atom stereocenters. The predicted molar refractivity (Wildman–Crippen MR) is 128 cm³/mol. The molecule has 0 saturated carbocycles. The van der Waals surface area contributed by atoms with E-state index in [-0.39, 0.29) is 0 Å². The largest absolute Gasteiger partial charge is 0.376 e. The van der Waals surface area contributed by atoms with Crippen LogP contribution < -0.4 is 4.90 Å². The van der Waals surface area contributed by atoms with Crippen molar-refractivity contribution >= 4 is 27.5 Å². The number of hydrogen-bond acceptors (Lipinski definition) is 6. The average molecular weight is 435 g/mol. The first kappa shape index (κ1) is 19.2. The number of anilines is 1. The minimum atomic E-state index is 0.828. The van der Waals surface area contributed by atoms with E-state index in [0.29, 0.717) is 0 Å². The van der Waals surface area contributed by atoms with Crippen LogP contribution >= 0.6 is 0 Å².